The zero-order valence-electron chi connectivity index (χ0n) is 11.2. The molecule has 3 N–H and O–H groups in total. The van der Waals surface area contributed by atoms with Crippen molar-refractivity contribution in [1.82, 2.24) is 9.97 Å². The predicted octanol–water partition coefficient (Wildman–Crippen LogP) is 0.371. The minimum atomic E-state index is -0.330. The second-order valence-corrected chi connectivity index (χ2v) is 4.36. The van der Waals surface area contributed by atoms with Gasteiger partial charge in [-0.3, -0.25) is 4.79 Å². The van der Waals surface area contributed by atoms with Crippen LogP contribution in [0.2, 0.25) is 0 Å². The van der Waals surface area contributed by atoms with Gasteiger partial charge >= 0.3 is 0 Å². The SMILES string of the molecule is CCNc1ncnc(N2CCCC2C(N)=O)c1OC. The first-order valence-corrected chi connectivity index (χ1v) is 6.37. The largest absolute Gasteiger partial charge is 0.490 e. The van der Waals surface area contributed by atoms with Crippen LogP contribution < -0.4 is 20.7 Å². The van der Waals surface area contributed by atoms with Gasteiger partial charge in [0.05, 0.1) is 7.11 Å². The number of carbonyl (C=O) groups is 1. The molecule has 1 aliphatic heterocycles. The van der Waals surface area contributed by atoms with Gasteiger partial charge in [-0.15, -0.1) is 0 Å². The first kappa shape index (κ1) is 13.4. The number of nitrogens with zero attached hydrogens (tertiary/aromatic N) is 3. The van der Waals surface area contributed by atoms with Crippen LogP contribution in [-0.4, -0.2) is 42.1 Å². The maximum absolute atomic E-state index is 11.5. The molecule has 1 saturated heterocycles. The van der Waals surface area contributed by atoms with Gasteiger partial charge in [0, 0.05) is 13.1 Å². The number of nitrogens with one attached hydrogen (secondary N) is 1. The van der Waals surface area contributed by atoms with Crippen LogP contribution in [0.15, 0.2) is 6.33 Å². The number of ether oxygens (including phenoxy) is 1. The average Bonchev–Trinajstić information content (AvgIpc) is 2.88. The summed E-state index contributed by atoms with van der Waals surface area (Å²) in [4.78, 5) is 21.8. The van der Waals surface area contributed by atoms with Crippen molar-refractivity contribution < 1.29 is 9.53 Å². The molecule has 1 aromatic heterocycles. The van der Waals surface area contributed by atoms with Gasteiger partial charge in [-0.2, -0.15) is 0 Å². The van der Waals surface area contributed by atoms with E-state index in [1.165, 1.54) is 6.33 Å². The van der Waals surface area contributed by atoms with Crippen molar-refractivity contribution in [3.8, 4) is 5.75 Å². The second kappa shape index (κ2) is 5.73. The van der Waals surface area contributed by atoms with E-state index in [0.717, 1.165) is 25.9 Å². The Hall–Kier alpha value is -2.05. The smallest absolute Gasteiger partial charge is 0.240 e. The highest BCUT2D eigenvalue weighted by atomic mass is 16.5. The van der Waals surface area contributed by atoms with Crippen LogP contribution in [0.25, 0.3) is 0 Å². The molecular weight excluding hydrogens is 246 g/mol. The summed E-state index contributed by atoms with van der Waals surface area (Å²) in [6.45, 7) is 3.45. The van der Waals surface area contributed by atoms with E-state index in [2.05, 4.69) is 15.3 Å². The maximum atomic E-state index is 11.5. The summed E-state index contributed by atoms with van der Waals surface area (Å²) in [7, 11) is 1.57. The normalized spacial score (nSPS) is 18.4. The number of hydrogen-bond donors (Lipinski definition) is 2. The lowest BCUT2D eigenvalue weighted by Crippen LogP contribution is -2.41. The number of amides is 1. The van der Waals surface area contributed by atoms with E-state index in [4.69, 9.17) is 10.5 Å². The Morgan fingerprint density at radius 1 is 1.63 bits per heavy atom. The molecule has 0 bridgehead atoms. The van der Waals surface area contributed by atoms with Gasteiger partial charge in [-0.1, -0.05) is 0 Å². The topological polar surface area (TPSA) is 93.4 Å². The van der Waals surface area contributed by atoms with Crippen molar-refractivity contribution in [1.29, 1.82) is 0 Å². The van der Waals surface area contributed by atoms with E-state index in [1.807, 2.05) is 11.8 Å². The van der Waals surface area contributed by atoms with E-state index < -0.39 is 0 Å². The average molecular weight is 265 g/mol. The number of aromatic nitrogens is 2. The predicted molar refractivity (Wildman–Crippen MR) is 72.3 cm³/mol. The summed E-state index contributed by atoms with van der Waals surface area (Å²) in [6, 6.07) is -0.321. The van der Waals surface area contributed by atoms with Crippen LogP contribution in [0.3, 0.4) is 0 Å². The molecule has 0 saturated carbocycles. The van der Waals surface area contributed by atoms with Gasteiger partial charge in [0.1, 0.15) is 12.4 Å². The molecule has 1 aromatic rings. The van der Waals surface area contributed by atoms with E-state index in [0.29, 0.717) is 17.4 Å². The molecule has 1 unspecified atom stereocenters. The molecule has 2 heterocycles. The highest BCUT2D eigenvalue weighted by Crippen LogP contribution is 2.35. The van der Waals surface area contributed by atoms with Crippen LogP contribution in [-0.2, 0) is 4.79 Å². The number of anilines is 2. The molecular formula is C12H19N5O2. The Bertz CT molecular complexity index is 465. The third-order valence-electron chi connectivity index (χ3n) is 3.19. The lowest BCUT2D eigenvalue weighted by atomic mass is 10.2. The zero-order chi connectivity index (χ0) is 13.8. The lowest BCUT2D eigenvalue weighted by molar-refractivity contribution is -0.119. The maximum Gasteiger partial charge on any atom is 0.240 e. The van der Waals surface area contributed by atoms with Crippen molar-refractivity contribution in [2.24, 2.45) is 5.73 Å². The summed E-state index contributed by atoms with van der Waals surface area (Å²) in [5.41, 5.74) is 5.43. The number of carbonyl (C=O) groups excluding carboxylic acids is 1. The molecule has 104 valence electrons. The second-order valence-electron chi connectivity index (χ2n) is 4.36. The minimum absolute atomic E-state index is 0.321. The highest BCUT2D eigenvalue weighted by Gasteiger charge is 2.32. The molecule has 0 radical (unpaired) electrons. The fourth-order valence-electron chi connectivity index (χ4n) is 2.37. The Morgan fingerprint density at radius 3 is 3.05 bits per heavy atom. The molecule has 2 rings (SSSR count). The van der Waals surface area contributed by atoms with Crippen molar-refractivity contribution in [2.45, 2.75) is 25.8 Å². The Balaban J connectivity index is 2.38. The fraction of sp³-hybridized carbons (Fsp3) is 0.583. The molecule has 1 aliphatic rings. The first-order valence-electron chi connectivity index (χ1n) is 6.37. The van der Waals surface area contributed by atoms with Gasteiger partial charge in [0.15, 0.2) is 11.6 Å². The van der Waals surface area contributed by atoms with Crippen molar-refractivity contribution in [3.63, 3.8) is 0 Å². The molecule has 1 atom stereocenters. The quantitative estimate of drug-likeness (QED) is 0.799. The van der Waals surface area contributed by atoms with E-state index in [9.17, 15) is 4.79 Å². The summed E-state index contributed by atoms with van der Waals surface area (Å²) < 4.78 is 5.39. The Labute approximate surface area is 112 Å². The van der Waals surface area contributed by atoms with Gasteiger partial charge in [-0.25, -0.2) is 9.97 Å². The van der Waals surface area contributed by atoms with Gasteiger partial charge in [-0.05, 0) is 19.8 Å². The number of hydrogen-bond acceptors (Lipinski definition) is 6. The molecule has 0 spiro atoms. The minimum Gasteiger partial charge on any atom is -0.490 e. The van der Waals surface area contributed by atoms with E-state index >= 15 is 0 Å². The number of nitrogens with two attached hydrogens (primary N) is 1. The van der Waals surface area contributed by atoms with Gasteiger partial charge < -0.3 is 20.7 Å². The summed E-state index contributed by atoms with van der Waals surface area (Å²) >= 11 is 0. The van der Waals surface area contributed by atoms with E-state index in [-0.39, 0.29) is 11.9 Å². The van der Waals surface area contributed by atoms with Crippen LogP contribution in [0.5, 0.6) is 5.75 Å². The number of methoxy groups -OCH3 is 1. The number of rotatable bonds is 5. The highest BCUT2D eigenvalue weighted by molar-refractivity contribution is 5.85. The van der Waals surface area contributed by atoms with Crippen molar-refractivity contribution >= 4 is 17.5 Å². The van der Waals surface area contributed by atoms with Crippen molar-refractivity contribution in [2.75, 3.05) is 30.4 Å². The third kappa shape index (κ3) is 2.54. The van der Waals surface area contributed by atoms with Gasteiger partial charge in [0.2, 0.25) is 11.7 Å². The van der Waals surface area contributed by atoms with Gasteiger partial charge in [0.25, 0.3) is 0 Å². The number of primary amides is 1. The first-order chi connectivity index (χ1) is 9.19. The van der Waals surface area contributed by atoms with Crippen molar-refractivity contribution in [3.05, 3.63) is 6.33 Å². The Kier molecular flexibility index (Phi) is 4.03. The van der Waals surface area contributed by atoms with Crippen LogP contribution in [0, 0.1) is 0 Å². The Morgan fingerprint density at radius 2 is 2.42 bits per heavy atom. The fourth-order valence-corrected chi connectivity index (χ4v) is 2.37. The van der Waals surface area contributed by atoms with E-state index in [1.54, 1.807) is 7.11 Å². The summed E-state index contributed by atoms with van der Waals surface area (Å²) in [5.74, 6) is 1.47. The molecule has 0 aliphatic carbocycles. The third-order valence-corrected chi connectivity index (χ3v) is 3.19. The molecule has 7 heteroatoms. The monoisotopic (exact) mass is 265 g/mol. The van der Waals surface area contributed by atoms with Crippen LogP contribution >= 0.6 is 0 Å². The molecule has 1 amide bonds. The van der Waals surface area contributed by atoms with Crippen LogP contribution in [0.1, 0.15) is 19.8 Å². The lowest BCUT2D eigenvalue weighted by Gasteiger charge is -2.25. The zero-order valence-corrected chi connectivity index (χ0v) is 11.2. The van der Waals surface area contributed by atoms with Crippen LogP contribution in [0.4, 0.5) is 11.6 Å². The standard InChI is InChI=1S/C12H19N5O2/c1-3-14-11-9(19-2)12(16-7-15-11)17-6-4-5-8(17)10(13)18/h7-8H,3-6H2,1-2H3,(H2,13,18)(H,14,15,16). The molecule has 19 heavy (non-hydrogen) atoms. The molecule has 0 aromatic carbocycles. The molecule has 7 nitrogen and oxygen atoms in total. The molecule has 1 fully saturated rings. The summed E-state index contributed by atoms with van der Waals surface area (Å²) in [6.07, 6.45) is 3.13. The summed E-state index contributed by atoms with van der Waals surface area (Å²) in [5, 5.41) is 3.12.